The summed E-state index contributed by atoms with van der Waals surface area (Å²) in [6.07, 6.45) is 4.16. The molecule has 1 aliphatic rings. The Bertz CT molecular complexity index is 290. The minimum absolute atomic E-state index is 0.543. The highest BCUT2D eigenvalue weighted by atomic mass is 15.3. The minimum Gasteiger partial charge on any atom is -0.319 e. The van der Waals surface area contributed by atoms with Crippen LogP contribution in [0, 0.1) is 0 Å². The summed E-state index contributed by atoms with van der Waals surface area (Å²) in [5.74, 6) is 0.543. The van der Waals surface area contributed by atoms with E-state index in [2.05, 4.69) is 33.5 Å². The SMILES string of the molecule is CNCC(C)c1cnn(C2CNC2)c1. The lowest BCUT2D eigenvalue weighted by Crippen LogP contribution is -2.43. The predicted octanol–water partition coefficient (Wildman–Crippen LogP) is 0.350. The second-order valence-electron chi connectivity index (χ2n) is 4.02. The molecule has 1 fully saturated rings. The third kappa shape index (κ3) is 1.81. The van der Waals surface area contributed by atoms with Gasteiger partial charge in [-0.2, -0.15) is 5.10 Å². The molecule has 0 bridgehead atoms. The van der Waals surface area contributed by atoms with Crippen molar-refractivity contribution in [3.05, 3.63) is 18.0 Å². The molecule has 1 aromatic heterocycles. The molecule has 0 spiro atoms. The first kappa shape index (κ1) is 9.68. The Morgan fingerprint density at radius 2 is 2.50 bits per heavy atom. The highest BCUT2D eigenvalue weighted by molar-refractivity contribution is 5.11. The molecular weight excluding hydrogens is 176 g/mol. The van der Waals surface area contributed by atoms with E-state index in [1.54, 1.807) is 0 Å². The van der Waals surface area contributed by atoms with Crippen molar-refractivity contribution in [2.45, 2.75) is 18.9 Å². The third-order valence-corrected chi connectivity index (χ3v) is 2.83. The maximum absolute atomic E-state index is 4.39. The lowest BCUT2D eigenvalue weighted by atomic mass is 10.1. The van der Waals surface area contributed by atoms with Crippen molar-refractivity contribution in [1.29, 1.82) is 0 Å². The largest absolute Gasteiger partial charge is 0.319 e. The van der Waals surface area contributed by atoms with Gasteiger partial charge in [0.2, 0.25) is 0 Å². The zero-order valence-corrected chi connectivity index (χ0v) is 8.83. The van der Waals surface area contributed by atoms with Crippen molar-refractivity contribution < 1.29 is 0 Å². The molecule has 0 aromatic carbocycles. The maximum atomic E-state index is 4.39. The van der Waals surface area contributed by atoms with Crippen LogP contribution in [-0.4, -0.2) is 36.5 Å². The molecule has 1 aromatic rings. The molecule has 2 N–H and O–H groups in total. The van der Waals surface area contributed by atoms with Crippen molar-refractivity contribution in [1.82, 2.24) is 20.4 Å². The van der Waals surface area contributed by atoms with Gasteiger partial charge >= 0.3 is 0 Å². The van der Waals surface area contributed by atoms with Crippen LogP contribution in [0.3, 0.4) is 0 Å². The van der Waals surface area contributed by atoms with Gasteiger partial charge in [0, 0.05) is 25.8 Å². The summed E-state index contributed by atoms with van der Waals surface area (Å²) < 4.78 is 2.08. The first-order valence-electron chi connectivity index (χ1n) is 5.20. The van der Waals surface area contributed by atoms with Crippen molar-refractivity contribution in [2.75, 3.05) is 26.7 Å². The highest BCUT2D eigenvalue weighted by Gasteiger charge is 2.19. The van der Waals surface area contributed by atoms with E-state index in [1.807, 2.05) is 13.2 Å². The number of nitrogens with zero attached hydrogens (tertiary/aromatic N) is 2. The van der Waals surface area contributed by atoms with Crippen LogP contribution in [0.15, 0.2) is 12.4 Å². The normalized spacial score (nSPS) is 19.3. The Labute approximate surface area is 84.7 Å². The van der Waals surface area contributed by atoms with E-state index in [-0.39, 0.29) is 0 Å². The Morgan fingerprint density at radius 1 is 1.71 bits per heavy atom. The van der Waals surface area contributed by atoms with Gasteiger partial charge in [0.1, 0.15) is 0 Å². The molecule has 0 aliphatic carbocycles. The third-order valence-electron chi connectivity index (χ3n) is 2.83. The Kier molecular flexibility index (Phi) is 2.84. The monoisotopic (exact) mass is 194 g/mol. The van der Waals surface area contributed by atoms with E-state index >= 15 is 0 Å². The molecular formula is C10H18N4. The summed E-state index contributed by atoms with van der Waals surface area (Å²) >= 11 is 0. The van der Waals surface area contributed by atoms with Crippen LogP contribution >= 0.6 is 0 Å². The van der Waals surface area contributed by atoms with Gasteiger partial charge in [-0.1, -0.05) is 6.92 Å². The van der Waals surface area contributed by atoms with E-state index in [0.29, 0.717) is 12.0 Å². The number of likely N-dealkylation sites (N-methyl/N-ethyl adjacent to an activating group) is 1. The van der Waals surface area contributed by atoms with Gasteiger partial charge in [0.25, 0.3) is 0 Å². The van der Waals surface area contributed by atoms with Crippen LogP contribution < -0.4 is 10.6 Å². The van der Waals surface area contributed by atoms with Crippen molar-refractivity contribution in [3.8, 4) is 0 Å². The number of rotatable bonds is 4. The summed E-state index contributed by atoms with van der Waals surface area (Å²) in [6, 6.07) is 0.575. The second-order valence-corrected chi connectivity index (χ2v) is 4.02. The quantitative estimate of drug-likeness (QED) is 0.727. The lowest BCUT2D eigenvalue weighted by molar-refractivity contribution is 0.318. The van der Waals surface area contributed by atoms with Crippen LogP contribution in [-0.2, 0) is 0 Å². The number of nitrogens with one attached hydrogen (secondary N) is 2. The topological polar surface area (TPSA) is 41.9 Å². The number of hydrogen-bond donors (Lipinski definition) is 2. The number of aromatic nitrogens is 2. The molecule has 1 aliphatic heterocycles. The average molecular weight is 194 g/mol. The zero-order chi connectivity index (χ0) is 9.97. The van der Waals surface area contributed by atoms with E-state index in [1.165, 1.54) is 5.56 Å². The van der Waals surface area contributed by atoms with Gasteiger partial charge in [0.05, 0.1) is 12.2 Å². The van der Waals surface area contributed by atoms with Crippen LogP contribution in [0.1, 0.15) is 24.4 Å². The highest BCUT2D eigenvalue weighted by Crippen LogP contribution is 2.17. The standard InChI is InChI=1S/C10H18N4/c1-8(3-11-2)9-4-13-14(7-9)10-5-12-6-10/h4,7-8,10-12H,3,5-6H2,1-2H3. The first-order valence-corrected chi connectivity index (χ1v) is 5.20. The molecule has 1 saturated heterocycles. The van der Waals surface area contributed by atoms with Gasteiger partial charge in [-0.15, -0.1) is 0 Å². The summed E-state index contributed by atoms with van der Waals surface area (Å²) in [5.41, 5.74) is 1.33. The molecule has 4 heteroatoms. The maximum Gasteiger partial charge on any atom is 0.0767 e. The van der Waals surface area contributed by atoms with Gasteiger partial charge in [-0.3, -0.25) is 4.68 Å². The van der Waals surface area contributed by atoms with E-state index in [9.17, 15) is 0 Å². The molecule has 1 unspecified atom stereocenters. The second kappa shape index (κ2) is 4.11. The van der Waals surface area contributed by atoms with E-state index in [4.69, 9.17) is 0 Å². The van der Waals surface area contributed by atoms with Crippen molar-refractivity contribution in [3.63, 3.8) is 0 Å². The van der Waals surface area contributed by atoms with Gasteiger partial charge in [-0.05, 0) is 18.5 Å². The van der Waals surface area contributed by atoms with Crippen LogP contribution in [0.25, 0.3) is 0 Å². The van der Waals surface area contributed by atoms with E-state index in [0.717, 1.165) is 19.6 Å². The summed E-state index contributed by atoms with van der Waals surface area (Å²) in [7, 11) is 1.98. The fourth-order valence-corrected chi connectivity index (χ4v) is 1.69. The van der Waals surface area contributed by atoms with Crippen LogP contribution in [0.5, 0.6) is 0 Å². The number of hydrogen-bond acceptors (Lipinski definition) is 3. The minimum atomic E-state index is 0.543. The summed E-state index contributed by atoms with van der Waals surface area (Å²) in [5, 5.41) is 10.8. The van der Waals surface area contributed by atoms with Gasteiger partial charge in [0.15, 0.2) is 0 Å². The Hall–Kier alpha value is -0.870. The van der Waals surface area contributed by atoms with Crippen LogP contribution in [0.2, 0.25) is 0 Å². The fraction of sp³-hybridized carbons (Fsp3) is 0.700. The summed E-state index contributed by atoms with van der Waals surface area (Å²) in [4.78, 5) is 0. The molecule has 0 amide bonds. The molecule has 2 heterocycles. The van der Waals surface area contributed by atoms with E-state index < -0.39 is 0 Å². The fourth-order valence-electron chi connectivity index (χ4n) is 1.69. The van der Waals surface area contributed by atoms with Gasteiger partial charge in [-0.25, -0.2) is 0 Å². The Balaban J connectivity index is 2.01. The molecule has 0 radical (unpaired) electrons. The smallest absolute Gasteiger partial charge is 0.0767 e. The predicted molar refractivity (Wildman–Crippen MR) is 56.5 cm³/mol. The summed E-state index contributed by atoms with van der Waals surface area (Å²) in [6.45, 7) is 5.34. The molecule has 0 saturated carbocycles. The van der Waals surface area contributed by atoms with Crippen molar-refractivity contribution >= 4 is 0 Å². The van der Waals surface area contributed by atoms with Crippen LogP contribution in [0.4, 0.5) is 0 Å². The Morgan fingerprint density at radius 3 is 3.07 bits per heavy atom. The first-order chi connectivity index (χ1) is 6.81. The molecule has 78 valence electrons. The molecule has 14 heavy (non-hydrogen) atoms. The lowest BCUT2D eigenvalue weighted by Gasteiger charge is -2.27. The molecule has 2 rings (SSSR count). The molecule has 1 atom stereocenters. The van der Waals surface area contributed by atoms with Gasteiger partial charge < -0.3 is 10.6 Å². The molecule has 4 nitrogen and oxygen atoms in total. The average Bonchev–Trinajstić information content (AvgIpc) is 2.50. The van der Waals surface area contributed by atoms with Crippen molar-refractivity contribution in [2.24, 2.45) is 0 Å². The zero-order valence-electron chi connectivity index (χ0n) is 8.83.